The molecule has 1 saturated heterocycles. The highest BCUT2D eigenvalue weighted by Crippen LogP contribution is 2.18. The van der Waals surface area contributed by atoms with Crippen molar-refractivity contribution in [3.8, 4) is 11.5 Å². The molecule has 0 spiro atoms. The van der Waals surface area contributed by atoms with E-state index >= 15 is 0 Å². The first-order valence-electron chi connectivity index (χ1n) is 9.47. The van der Waals surface area contributed by atoms with Crippen molar-refractivity contribution in [1.29, 1.82) is 0 Å². The lowest BCUT2D eigenvalue weighted by Crippen LogP contribution is -2.47. The number of nitrogens with zero attached hydrogens (tertiary/aromatic N) is 1. The third-order valence-corrected chi connectivity index (χ3v) is 4.85. The predicted octanol–water partition coefficient (Wildman–Crippen LogP) is 2.80. The molecule has 148 valence electrons. The minimum atomic E-state index is -0.141. The number of carbonyl (C=O) groups excluding carboxylic acids is 2. The van der Waals surface area contributed by atoms with Gasteiger partial charge in [0.1, 0.15) is 11.5 Å². The van der Waals surface area contributed by atoms with E-state index < -0.39 is 0 Å². The largest absolute Gasteiger partial charge is 0.497 e. The first kappa shape index (κ1) is 19.7. The van der Waals surface area contributed by atoms with E-state index in [1.54, 1.807) is 19.2 Å². The van der Waals surface area contributed by atoms with E-state index in [0.717, 1.165) is 18.4 Å². The fourth-order valence-electron chi connectivity index (χ4n) is 3.22. The number of piperidine rings is 1. The van der Waals surface area contributed by atoms with Gasteiger partial charge in [-0.2, -0.15) is 0 Å². The monoisotopic (exact) mass is 382 g/mol. The number of ether oxygens (including phenoxy) is 2. The molecule has 0 unspecified atom stereocenters. The molecule has 0 aromatic heterocycles. The molecule has 3 rings (SSSR count). The quantitative estimate of drug-likeness (QED) is 0.834. The number of hydrogen-bond donors (Lipinski definition) is 1. The maximum absolute atomic E-state index is 12.6. The van der Waals surface area contributed by atoms with Crippen LogP contribution in [0.25, 0.3) is 0 Å². The molecule has 28 heavy (non-hydrogen) atoms. The third kappa shape index (κ3) is 5.25. The highest BCUT2D eigenvalue weighted by molar-refractivity contribution is 5.94. The number of nitrogens with one attached hydrogen (secondary N) is 1. The van der Waals surface area contributed by atoms with Gasteiger partial charge in [-0.3, -0.25) is 9.59 Å². The molecule has 1 aliphatic rings. The SMILES string of the molecule is COc1cccc(C(=O)N2CCC(NC(=O)COc3ccc(C)cc3)CC2)c1. The molecule has 2 amide bonds. The van der Waals surface area contributed by atoms with Gasteiger partial charge in [0, 0.05) is 24.7 Å². The number of aryl methyl sites for hydroxylation is 1. The number of methoxy groups -OCH3 is 1. The maximum Gasteiger partial charge on any atom is 0.258 e. The average Bonchev–Trinajstić information content (AvgIpc) is 2.73. The second-order valence-electron chi connectivity index (χ2n) is 6.97. The minimum Gasteiger partial charge on any atom is -0.497 e. The Morgan fingerprint density at radius 2 is 1.79 bits per heavy atom. The summed E-state index contributed by atoms with van der Waals surface area (Å²) in [7, 11) is 1.58. The predicted molar refractivity (Wildman–Crippen MR) is 107 cm³/mol. The van der Waals surface area contributed by atoms with E-state index in [1.807, 2.05) is 48.2 Å². The van der Waals surface area contributed by atoms with Gasteiger partial charge in [0.05, 0.1) is 7.11 Å². The van der Waals surface area contributed by atoms with E-state index in [9.17, 15) is 9.59 Å². The van der Waals surface area contributed by atoms with Crippen LogP contribution in [0, 0.1) is 6.92 Å². The van der Waals surface area contributed by atoms with E-state index in [-0.39, 0.29) is 24.5 Å². The van der Waals surface area contributed by atoms with Crippen LogP contribution in [0.5, 0.6) is 11.5 Å². The molecule has 0 radical (unpaired) electrons. The fraction of sp³-hybridized carbons (Fsp3) is 0.364. The summed E-state index contributed by atoms with van der Waals surface area (Å²) in [5, 5.41) is 3.00. The molecule has 1 heterocycles. The Labute approximate surface area is 165 Å². The van der Waals surface area contributed by atoms with Crippen LogP contribution in [-0.2, 0) is 4.79 Å². The van der Waals surface area contributed by atoms with Gasteiger partial charge in [0.15, 0.2) is 6.61 Å². The lowest BCUT2D eigenvalue weighted by Gasteiger charge is -2.32. The fourth-order valence-corrected chi connectivity index (χ4v) is 3.22. The van der Waals surface area contributed by atoms with Gasteiger partial charge < -0.3 is 19.7 Å². The van der Waals surface area contributed by atoms with Crippen molar-refractivity contribution < 1.29 is 19.1 Å². The topological polar surface area (TPSA) is 67.9 Å². The van der Waals surface area contributed by atoms with Crippen molar-refractivity contribution in [3.63, 3.8) is 0 Å². The van der Waals surface area contributed by atoms with Crippen molar-refractivity contribution in [2.75, 3.05) is 26.8 Å². The highest BCUT2D eigenvalue weighted by atomic mass is 16.5. The summed E-state index contributed by atoms with van der Waals surface area (Å²) in [6.07, 6.45) is 1.46. The van der Waals surface area contributed by atoms with Crippen LogP contribution in [0.4, 0.5) is 0 Å². The van der Waals surface area contributed by atoms with Gasteiger partial charge in [0.2, 0.25) is 0 Å². The second-order valence-corrected chi connectivity index (χ2v) is 6.97. The van der Waals surface area contributed by atoms with Crippen LogP contribution in [0.3, 0.4) is 0 Å². The Morgan fingerprint density at radius 1 is 1.07 bits per heavy atom. The molecule has 0 aliphatic carbocycles. The lowest BCUT2D eigenvalue weighted by molar-refractivity contribution is -0.124. The molecule has 0 atom stereocenters. The van der Waals surface area contributed by atoms with Gasteiger partial charge >= 0.3 is 0 Å². The number of likely N-dealkylation sites (tertiary alicyclic amines) is 1. The van der Waals surface area contributed by atoms with Crippen LogP contribution in [-0.4, -0.2) is 49.6 Å². The molecule has 1 fully saturated rings. The van der Waals surface area contributed by atoms with E-state index in [2.05, 4.69) is 5.32 Å². The van der Waals surface area contributed by atoms with Crippen molar-refractivity contribution in [2.24, 2.45) is 0 Å². The molecule has 1 aliphatic heterocycles. The zero-order valence-electron chi connectivity index (χ0n) is 16.3. The molecular formula is C22H26N2O4. The molecule has 0 saturated carbocycles. The Balaban J connectivity index is 1.43. The number of hydrogen-bond acceptors (Lipinski definition) is 4. The van der Waals surface area contributed by atoms with Gasteiger partial charge in [-0.1, -0.05) is 23.8 Å². The average molecular weight is 382 g/mol. The Hall–Kier alpha value is -3.02. The normalized spacial score (nSPS) is 14.4. The molecule has 6 heteroatoms. The second kappa shape index (κ2) is 9.26. The molecule has 2 aromatic rings. The smallest absolute Gasteiger partial charge is 0.258 e. The number of amides is 2. The summed E-state index contributed by atoms with van der Waals surface area (Å²) in [4.78, 5) is 26.6. The summed E-state index contributed by atoms with van der Waals surface area (Å²) < 4.78 is 10.7. The van der Waals surface area contributed by atoms with Crippen molar-refractivity contribution in [3.05, 3.63) is 59.7 Å². The Kier molecular flexibility index (Phi) is 6.53. The maximum atomic E-state index is 12.6. The summed E-state index contributed by atoms with van der Waals surface area (Å²) in [6, 6.07) is 14.8. The van der Waals surface area contributed by atoms with Crippen LogP contribution in [0.2, 0.25) is 0 Å². The van der Waals surface area contributed by atoms with Gasteiger partial charge in [0.25, 0.3) is 11.8 Å². The summed E-state index contributed by atoms with van der Waals surface area (Å²) >= 11 is 0. The summed E-state index contributed by atoms with van der Waals surface area (Å²) in [5.74, 6) is 1.20. The zero-order chi connectivity index (χ0) is 19.9. The van der Waals surface area contributed by atoms with Crippen LogP contribution < -0.4 is 14.8 Å². The van der Waals surface area contributed by atoms with Crippen molar-refractivity contribution >= 4 is 11.8 Å². The lowest BCUT2D eigenvalue weighted by atomic mass is 10.0. The first-order valence-corrected chi connectivity index (χ1v) is 9.47. The van der Waals surface area contributed by atoms with Gasteiger partial charge in [-0.25, -0.2) is 0 Å². The zero-order valence-corrected chi connectivity index (χ0v) is 16.3. The van der Waals surface area contributed by atoms with Crippen LogP contribution >= 0.6 is 0 Å². The molecule has 1 N–H and O–H groups in total. The van der Waals surface area contributed by atoms with Crippen LogP contribution in [0.15, 0.2) is 48.5 Å². The number of rotatable bonds is 6. The summed E-state index contributed by atoms with van der Waals surface area (Å²) in [6.45, 7) is 3.22. The molecular weight excluding hydrogens is 356 g/mol. The van der Waals surface area contributed by atoms with E-state index in [1.165, 1.54) is 0 Å². The first-order chi connectivity index (χ1) is 13.5. The van der Waals surface area contributed by atoms with Crippen molar-refractivity contribution in [2.45, 2.75) is 25.8 Å². The Bertz CT molecular complexity index is 812. The van der Waals surface area contributed by atoms with Crippen LogP contribution in [0.1, 0.15) is 28.8 Å². The molecule has 0 bridgehead atoms. The van der Waals surface area contributed by atoms with Crippen molar-refractivity contribution in [1.82, 2.24) is 10.2 Å². The third-order valence-electron chi connectivity index (χ3n) is 4.85. The number of carbonyl (C=O) groups is 2. The molecule has 2 aromatic carbocycles. The highest BCUT2D eigenvalue weighted by Gasteiger charge is 2.24. The molecule has 6 nitrogen and oxygen atoms in total. The van der Waals surface area contributed by atoms with Gasteiger partial charge in [-0.05, 0) is 50.1 Å². The minimum absolute atomic E-state index is 0.00792. The number of benzene rings is 2. The van der Waals surface area contributed by atoms with Gasteiger partial charge in [-0.15, -0.1) is 0 Å². The summed E-state index contributed by atoms with van der Waals surface area (Å²) in [5.41, 5.74) is 1.76. The standard InChI is InChI=1S/C22H26N2O4/c1-16-6-8-19(9-7-16)28-15-21(25)23-18-10-12-24(13-11-18)22(26)17-4-3-5-20(14-17)27-2/h3-9,14,18H,10-13,15H2,1-2H3,(H,23,25). The van der Waals surface area contributed by atoms with E-state index in [0.29, 0.717) is 30.2 Å². The Morgan fingerprint density at radius 3 is 2.46 bits per heavy atom. The van der Waals surface area contributed by atoms with E-state index in [4.69, 9.17) is 9.47 Å².